The maximum atomic E-state index is 12.7. The van der Waals surface area contributed by atoms with Gasteiger partial charge in [-0.2, -0.15) is 26.3 Å². The molecule has 0 aromatic heterocycles. The molecule has 1 rings (SSSR count). The molecule has 1 aromatic carbocycles. The fourth-order valence-electron chi connectivity index (χ4n) is 1.91. The number of hydrogen-bond donors (Lipinski definition) is 1. The minimum absolute atomic E-state index is 0.0155. The Kier molecular flexibility index (Phi) is 7.72. The fourth-order valence-corrected chi connectivity index (χ4v) is 1.91. The smallest absolute Gasteiger partial charge is 0.381 e. The largest absolute Gasteiger partial charge is 0.416 e. The topological polar surface area (TPSA) is 38.3 Å². The van der Waals surface area contributed by atoms with Crippen LogP contribution in [-0.4, -0.2) is 25.7 Å². The number of unbranched alkanes of at least 4 members (excludes halogenated alkanes) is 1. The van der Waals surface area contributed by atoms with Crippen molar-refractivity contribution in [3.63, 3.8) is 0 Å². The molecule has 0 fully saturated rings. The Bertz CT molecular complexity index is 536. The van der Waals surface area contributed by atoms with Crippen LogP contribution < -0.4 is 5.32 Å². The molecule has 0 saturated heterocycles. The molecular weight excluding hydrogens is 352 g/mol. The van der Waals surface area contributed by atoms with E-state index in [9.17, 15) is 31.1 Å². The fraction of sp³-hybridized carbons (Fsp3) is 0.562. The first-order valence-corrected chi connectivity index (χ1v) is 7.71. The highest BCUT2D eigenvalue weighted by Crippen LogP contribution is 2.36. The van der Waals surface area contributed by atoms with Crippen molar-refractivity contribution in [2.24, 2.45) is 0 Å². The van der Waals surface area contributed by atoms with Crippen molar-refractivity contribution in [3.05, 3.63) is 34.9 Å². The lowest BCUT2D eigenvalue weighted by molar-refractivity contribution is -0.143. The molecule has 0 bridgehead atoms. The van der Waals surface area contributed by atoms with Crippen LogP contribution in [0.3, 0.4) is 0 Å². The number of amides is 1. The Labute approximate surface area is 141 Å². The van der Waals surface area contributed by atoms with Gasteiger partial charge in [0.1, 0.15) is 0 Å². The van der Waals surface area contributed by atoms with Crippen molar-refractivity contribution in [2.45, 2.75) is 38.5 Å². The number of benzene rings is 1. The number of nitrogens with one attached hydrogen (secondary N) is 1. The quantitative estimate of drug-likeness (QED) is 0.533. The summed E-state index contributed by atoms with van der Waals surface area (Å²) in [5.41, 5.74) is -3.72. The summed E-state index contributed by atoms with van der Waals surface area (Å²) in [6, 6.07) is 0.795. The third-order valence-electron chi connectivity index (χ3n) is 3.24. The molecule has 0 aliphatic carbocycles. The predicted molar refractivity (Wildman–Crippen MR) is 79.1 cm³/mol. The van der Waals surface area contributed by atoms with Gasteiger partial charge in [0.05, 0.1) is 11.1 Å². The third kappa shape index (κ3) is 7.33. The minimum Gasteiger partial charge on any atom is -0.381 e. The number of halogens is 6. The lowest BCUT2D eigenvalue weighted by Crippen LogP contribution is -2.26. The molecule has 0 spiro atoms. The predicted octanol–water partition coefficient (Wildman–Crippen LogP) is 4.66. The van der Waals surface area contributed by atoms with Crippen molar-refractivity contribution in [1.82, 2.24) is 5.32 Å². The summed E-state index contributed by atoms with van der Waals surface area (Å²) in [6.07, 6.45) is -7.71. The number of carbonyl (C=O) groups is 1. The molecule has 1 N–H and O–H groups in total. The van der Waals surface area contributed by atoms with Crippen LogP contribution in [0.25, 0.3) is 0 Å². The highest BCUT2D eigenvalue weighted by molar-refractivity contribution is 5.94. The van der Waals surface area contributed by atoms with Gasteiger partial charge in [-0.25, -0.2) is 0 Å². The van der Waals surface area contributed by atoms with Gasteiger partial charge in [-0.3, -0.25) is 4.79 Å². The summed E-state index contributed by atoms with van der Waals surface area (Å²) in [5.74, 6) is -0.995. The molecule has 1 amide bonds. The van der Waals surface area contributed by atoms with Gasteiger partial charge in [-0.05, 0) is 31.0 Å². The second kappa shape index (κ2) is 9.07. The normalized spacial score (nSPS) is 12.3. The SMILES string of the molecule is CCCCOCCCNC(=O)c1cc(C(F)(F)F)cc(C(F)(F)F)c1. The summed E-state index contributed by atoms with van der Waals surface area (Å²) >= 11 is 0. The zero-order valence-electron chi connectivity index (χ0n) is 13.6. The minimum atomic E-state index is -4.98. The van der Waals surface area contributed by atoms with E-state index in [-0.39, 0.29) is 12.6 Å². The van der Waals surface area contributed by atoms with Crippen LogP contribution in [-0.2, 0) is 17.1 Å². The third-order valence-corrected chi connectivity index (χ3v) is 3.24. The molecule has 0 aliphatic heterocycles. The number of carbonyl (C=O) groups excluding carboxylic acids is 1. The van der Waals surface area contributed by atoms with E-state index in [4.69, 9.17) is 4.74 Å². The van der Waals surface area contributed by atoms with Gasteiger partial charge in [0.15, 0.2) is 0 Å². The summed E-state index contributed by atoms with van der Waals surface area (Å²) < 4.78 is 81.7. The van der Waals surface area contributed by atoms with Gasteiger partial charge in [-0.15, -0.1) is 0 Å². The first-order valence-electron chi connectivity index (χ1n) is 7.71. The molecule has 1 aromatic rings. The first kappa shape index (κ1) is 21.3. The van der Waals surface area contributed by atoms with Gasteiger partial charge in [0.2, 0.25) is 0 Å². The van der Waals surface area contributed by atoms with Crippen molar-refractivity contribution in [3.8, 4) is 0 Å². The summed E-state index contributed by atoms with van der Waals surface area (Å²) in [5, 5.41) is 2.29. The molecule has 25 heavy (non-hydrogen) atoms. The van der Waals surface area contributed by atoms with E-state index >= 15 is 0 Å². The van der Waals surface area contributed by atoms with Crippen molar-refractivity contribution < 1.29 is 35.9 Å². The monoisotopic (exact) mass is 371 g/mol. The second-order valence-corrected chi connectivity index (χ2v) is 5.37. The average Bonchev–Trinajstić information content (AvgIpc) is 2.51. The Morgan fingerprint density at radius 3 is 1.96 bits per heavy atom. The number of hydrogen-bond acceptors (Lipinski definition) is 2. The van der Waals surface area contributed by atoms with E-state index in [1.165, 1.54) is 0 Å². The molecule has 0 saturated carbocycles. The van der Waals surface area contributed by atoms with Gasteiger partial charge in [0, 0.05) is 25.3 Å². The Morgan fingerprint density at radius 2 is 1.48 bits per heavy atom. The molecular formula is C16H19F6NO2. The van der Waals surface area contributed by atoms with Gasteiger partial charge in [0.25, 0.3) is 5.91 Å². The van der Waals surface area contributed by atoms with Crippen molar-refractivity contribution in [2.75, 3.05) is 19.8 Å². The molecule has 0 aliphatic rings. The van der Waals surface area contributed by atoms with Crippen LogP contribution in [0.15, 0.2) is 18.2 Å². The van der Waals surface area contributed by atoms with E-state index in [0.29, 0.717) is 31.8 Å². The van der Waals surface area contributed by atoms with E-state index in [1.807, 2.05) is 6.92 Å². The van der Waals surface area contributed by atoms with E-state index in [2.05, 4.69) is 5.32 Å². The van der Waals surface area contributed by atoms with Gasteiger partial charge in [-0.1, -0.05) is 13.3 Å². The number of alkyl halides is 6. The average molecular weight is 371 g/mol. The van der Waals surface area contributed by atoms with Crippen LogP contribution in [0.5, 0.6) is 0 Å². The molecule has 142 valence electrons. The van der Waals surface area contributed by atoms with Crippen molar-refractivity contribution >= 4 is 5.91 Å². The second-order valence-electron chi connectivity index (χ2n) is 5.37. The molecule has 3 nitrogen and oxygen atoms in total. The maximum Gasteiger partial charge on any atom is 0.416 e. The van der Waals surface area contributed by atoms with Crippen LogP contribution in [0.4, 0.5) is 26.3 Å². The lowest BCUT2D eigenvalue weighted by atomic mass is 10.0. The molecule has 0 atom stereocenters. The van der Waals surface area contributed by atoms with E-state index < -0.39 is 35.0 Å². The highest BCUT2D eigenvalue weighted by atomic mass is 19.4. The highest BCUT2D eigenvalue weighted by Gasteiger charge is 2.37. The molecule has 0 unspecified atom stereocenters. The van der Waals surface area contributed by atoms with Gasteiger partial charge >= 0.3 is 12.4 Å². The summed E-state index contributed by atoms with van der Waals surface area (Å²) in [7, 11) is 0. The summed E-state index contributed by atoms with van der Waals surface area (Å²) in [6.45, 7) is 2.99. The maximum absolute atomic E-state index is 12.7. The van der Waals surface area contributed by atoms with Crippen LogP contribution in [0.2, 0.25) is 0 Å². The molecule has 0 radical (unpaired) electrons. The lowest BCUT2D eigenvalue weighted by Gasteiger charge is -2.14. The Balaban J connectivity index is 2.74. The van der Waals surface area contributed by atoms with Crippen LogP contribution >= 0.6 is 0 Å². The Morgan fingerprint density at radius 1 is 0.960 bits per heavy atom. The standard InChI is InChI=1S/C16H19F6NO2/c1-2-3-6-25-7-4-5-23-14(24)11-8-12(15(17,18)19)10-13(9-11)16(20,21)22/h8-10H,2-7H2,1H3,(H,23,24). The number of ether oxygens (including phenoxy) is 1. The van der Waals surface area contributed by atoms with Gasteiger partial charge < -0.3 is 10.1 Å². The number of rotatable bonds is 8. The molecule has 9 heteroatoms. The molecule has 0 heterocycles. The zero-order valence-corrected chi connectivity index (χ0v) is 13.6. The zero-order chi connectivity index (χ0) is 19.1. The van der Waals surface area contributed by atoms with E-state index in [0.717, 1.165) is 12.8 Å². The first-order chi connectivity index (χ1) is 11.6. The van der Waals surface area contributed by atoms with E-state index in [1.54, 1.807) is 0 Å². The Hall–Kier alpha value is -1.77. The van der Waals surface area contributed by atoms with Crippen molar-refractivity contribution in [1.29, 1.82) is 0 Å². The summed E-state index contributed by atoms with van der Waals surface area (Å²) in [4.78, 5) is 11.9. The van der Waals surface area contributed by atoms with Crippen LogP contribution in [0.1, 0.15) is 47.7 Å². The van der Waals surface area contributed by atoms with Crippen LogP contribution in [0, 0.1) is 0 Å².